The zero-order chi connectivity index (χ0) is 10.3. The van der Waals surface area contributed by atoms with E-state index in [4.69, 9.17) is 4.52 Å². The van der Waals surface area contributed by atoms with Gasteiger partial charge in [-0.1, -0.05) is 32.9 Å². The first kappa shape index (κ1) is 9.75. The second kappa shape index (κ2) is 3.41. The highest BCUT2D eigenvalue weighted by Crippen LogP contribution is 2.45. The molecule has 0 aromatic carbocycles. The van der Waals surface area contributed by atoms with Crippen LogP contribution in [0.25, 0.3) is 0 Å². The summed E-state index contributed by atoms with van der Waals surface area (Å²) in [5.41, 5.74) is 2.55. The molecule has 1 fully saturated rings. The number of aromatic nitrogens is 1. The Kier molecular flexibility index (Phi) is 2.38. The third-order valence-corrected chi connectivity index (χ3v) is 2.86. The van der Waals surface area contributed by atoms with Crippen molar-refractivity contribution in [1.29, 1.82) is 0 Å². The Bertz CT molecular complexity index is 302. The van der Waals surface area contributed by atoms with Gasteiger partial charge in [0.05, 0.1) is 5.69 Å². The van der Waals surface area contributed by atoms with Crippen LogP contribution < -0.4 is 0 Å². The highest BCUT2D eigenvalue weighted by atomic mass is 16.5. The standard InChI is InChI=1S/C12H19NO/c1-7(2)10-11(8(3)4)13-14-12(10)9-5-6-9/h7-9H,5-6H2,1-4H3. The third-order valence-electron chi connectivity index (χ3n) is 2.86. The quantitative estimate of drug-likeness (QED) is 0.729. The second-order valence-electron chi connectivity index (χ2n) is 4.93. The highest BCUT2D eigenvalue weighted by Gasteiger charge is 2.33. The topological polar surface area (TPSA) is 26.0 Å². The van der Waals surface area contributed by atoms with Crippen LogP contribution in [-0.2, 0) is 0 Å². The van der Waals surface area contributed by atoms with Crippen molar-refractivity contribution in [2.75, 3.05) is 0 Å². The molecular weight excluding hydrogens is 174 g/mol. The van der Waals surface area contributed by atoms with E-state index in [1.165, 1.54) is 29.9 Å². The largest absolute Gasteiger partial charge is 0.361 e. The minimum Gasteiger partial charge on any atom is -0.361 e. The van der Waals surface area contributed by atoms with Crippen LogP contribution in [-0.4, -0.2) is 5.16 Å². The predicted molar refractivity (Wildman–Crippen MR) is 56.7 cm³/mol. The Labute approximate surface area is 85.7 Å². The zero-order valence-corrected chi connectivity index (χ0v) is 9.50. The van der Waals surface area contributed by atoms with Gasteiger partial charge in [0.1, 0.15) is 5.76 Å². The predicted octanol–water partition coefficient (Wildman–Crippen LogP) is 3.80. The first-order chi connectivity index (χ1) is 6.61. The Balaban J connectivity index is 2.41. The van der Waals surface area contributed by atoms with Gasteiger partial charge < -0.3 is 4.52 Å². The van der Waals surface area contributed by atoms with Gasteiger partial charge in [-0.05, 0) is 24.7 Å². The van der Waals surface area contributed by atoms with Gasteiger partial charge >= 0.3 is 0 Å². The monoisotopic (exact) mass is 193 g/mol. The normalized spacial score (nSPS) is 17.0. The molecule has 78 valence electrons. The average molecular weight is 193 g/mol. The molecule has 1 aromatic heterocycles. The summed E-state index contributed by atoms with van der Waals surface area (Å²) in [5, 5.41) is 4.22. The first-order valence-electron chi connectivity index (χ1n) is 5.60. The van der Waals surface area contributed by atoms with E-state index in [-0.39, 0.29) is 0 Å². The van der Waals surface area contributed by atoms with Crippen molar-refractivity contribution in [2.45, 2.75) is 58.3 Å². The van der Waals surface area contributed by atoms with E-state index in [1.807, 2.05) is 0 Å². The molecule has 0 unspecified atom stereocenters. The summed E-state index contributed by atoms with van der Waals surface area (Å²) < 4.78 is 5.49. The maximum absolute atomic E-state index is 5.49. The van der Waals surface area contributed by atoms with Crippen LogP contribution in [0.2, 0.25) is 0 Å². The molecule has 1 aliphatic carbocycles. The molecule has 0 spiro atoms. The zero-order valence-electron chi connectivity index (χ0n) is 9.50. The van der Waals surface area contributed by atoms with E-state index >= 15 is 0 Å². The molecule has 0 amide bonds. The Hall–Kier alpha value is -0.790. The van der Waals surface area contributed by atoms with E-state index in [2.05, 4.69) is 32.9 Å². The lowest BCUT2D eigenvalue weighted by Gasteiger charge is -2.08. The smallest absolute Gasteiger partial charge is 0.143 e. The van der Waals surface area contributed by atoms with Crippen molar-refractivity contribution in [3.8, 4) is 0 Å². The van der Waals surface area contributed by atoms with Crippen molar-refractivity contribution < 1.29 is 4.52 Å². The molecule has 0 saturated heterocycles. The molecule has 1 aliphatic rings. The lowest BCUT2D eigenvalue weighted by atomic mass is 9.94. The van der Waals surface area contributed by atoms with Gasteiger partial charge in [-0.3, -0.25) is 0 Å². The maximum atomic E-state index is 5.49. The Morgan fingerprint density at radius 3 is 2.21 bits per heavy atom. The van der Waals surface area contributed by atoms with Crippen molar-refractivity contribution in [1.82, 2.24) is 5.16 Å². The van der Waals surface area contributed by atoms with Gasteiger partial charge in [0.15, 0.2) is 0 Å². The molecule has 0 radical (unpaired) electrons. The fraction of sp³-hybridized carbons (Fsp3) is 0.750. The van der Waals surface area contributed by atoms with Crippen LogP contribution in [0.4, 0.5) is 0 Å². The maximum Gasteiger partial charge on any atom is 0.143 e. The summed E-state index contributed by atoms with van der Waals surface area (Å²) in [6.45, 7) is 8.81. The number of hydrogen-bond acceptors (Lipinski definition) is 2. The summed E-state index contributed by atoms with van der Waals surface area (Å²) in [5.74, 6) is 2.86. The summed E-state index contributed by atoms with van der Waals surface area (Å²) in [6.07, 6.45) is 2.57. The molecule has 1 aromatic rings. The van der Waals surface area contributed by atoms with Gasteiger partial charge in [0.2, 0.25) is 0 Å². The van der Waals surface area contributed by atoms with Crippen molar-refractivity contribution in [3.05, 3.63) is 17.0 Å². The van der Waals surface area contributed by atoms with Crippen molar-refractivity contribution in [3.63, 3.8) is 0 Å². The SMILES string of the molecule is CC(C)c1noc(C2CC2)c1C(C)C. The molecule has 2 heteroatoms. The molecule has 1 saturated carbocycles. The third kappa shape index (κ3) is 1.58. The van der Waals surface area contributed by atoms with Crippen LogP contribution >= 0.6 is 0 Å². The Morgan fingerprint density at radius 1 is 1.14 bits per heavy atom. The number of nitrogens with zero attached hydrogens (tertiary/aromatic N) is 1. The second-order valence-corrected chi connectivity index (χ2v) is 4.93. The molecule has 1 heterocycles. The number of rotatable bonds is 3. The first-order valence-corrected chi connectivity index (χ1v) is 5.60. The summed E-state index contributed by atoms with van der Waals surface area (Å²) >= 11 is 0. The van der Waals surface area contributed by atoms with Gasteiger partial charge in [-0.2, -0.15) is 0 Å². The van der Waals surface area contributed by atoms with Crippen LogP contribution in [0.5, 0.6) is 0 Å². The van der Waals surface area contributed by atoms with E-state index in [9.17, 15) is 0 Å². The molecule has 2 nitrogen and oxygen atoms in total. The molecule has 0 bridgehead atoms. The summed E-state index contributed by atoms with van der Waals surface area (Å²) in [4.78, 5) is 0. The fourth-order valence-electron chi connectivity index (χ4n) is 1.96. The van der Waals surface area contributed by atoms with Crippen LogP contribution in [0.3, 0.4) is 0 Å². The van der Waals surface area contributed by atoms with Crippen molar-refractivity contribution in [2.24, 2.45) is 0 Å². The van der Waals surface area contributed by atoms with E-state index < -0.39 is 0 Å². The highest BCUT2D eigenvalue weighted by molar-refractivity contribution is 5.32. The van der Waals surface area contributed by atoms with E-state index in [1.54, 1.807) is 0 Å². The lowest BCUT2D eigenvalue weighted by molar-refractivity contribution is 0.374. The average Bonchev–Trinajstić information content (AvgIpc) is 2.83. The van der Waals surface area contributed by atoms with Crippen LogP contribution in [0.1, 0.15) is 75.3 Å². The van der Waals surface area contributed by atoms with Crippen LogP contribution in [0, 0.1) is 0 Å². The number of hydrogen-bond donors (Lipinski definition) is 0. The molecule has 0 atom stereocenters. The minimum absolute atomic E-state index is 0.476. The summed E-state index contributed by atoms with van der Waals surface area (Å²) in [7, 11) is 0. The summed E-state index contributed by atoms with van der Waals surface area (Å²) in [6, 6.07) is 0. The Morgan fingerprint density at radius 2 is 1.79 bits per heavy atom. The molecule has 14 heavy (non-hydrogen) atoms. The molecule has 0 N–H and O–H groups in total. The van der Waals surface area contributed by atoms with Crippen molar-refractivity contribution >= 4 is 0 Å². The van der Waals surface area contributed by atoms with Gasteiger partial charge in [0.25, 0.3) is 0 Å². The van der Waals surface area contributed by atoms with E-state index in [0.717, 1.165) is 0 Å². The molecule has 2 rings (SSSR count). The van der Waals surface area contributed by atoms with Gasteiger partial charge in [-0.25, -0.2) is 0 Å². The molecule has 0 aliphatic heterocycles. The fourth-order valence-corrected chi connectivity index (χ4v) is 1.96. The van der Waals surface area contributed by atoms with E-state index in [0.29, 0.717) is 17.8 Å². The molecular formula is C12H19NO. The van der Waals surface area contributed by atoms with Crippen LogP contribution in [0.15, 0.2) is 4.52 Å². The van der Waals surface area contributed by atoms with Gasteiger partial charge in [-0.15, -0.1) is 0 Å². The minimum atomic E-state index is 0.476. The lowest BCUT2D eigenvalue weighted by Crippen LogP contribution is -1.98. The van der Waals surface area contributed by atoms with Gasteiger partial charge in [0, 0.05) is 11.5 Å².